The molecule has 1 aromatic carbocycles. The van der Waals surface area contributed by atoms with Crippen LogP contribution in [0.5, 0.6) is 0 Å². The van der Waals surface area contributed by atoms with Crippen LogP contribution in [0, 0.1) is 6.92 Å². The number of aromatic carboxylic acids is 1. The summed E-state index contributed by atoms with van der Waals surface area (Å²) in [6.07, 6.45) is 3.17. The van der Waals surface area contributed by atoms with Crippen molar-refractivity contribution in [3.05, 3.63) is 59.0 Å². The molecule has 0 aliphatic carbocycles. The second kappa shape index (κ2) is 5.85. The zero-order chi connectivity index (χ0) is 16.6. The topological polar surface area (TPSA) is 68.0 Å². The third kappa shape index (κ3) is 2.83. The van der Waals surface area contributed by atoms with Crippen LogP contribution in [0.1, 0.15) is 15.9 Å². The fourth-order valence-electron chi connectivity index (χ4n) is 2.52. The number of carboxylic acids is 1. The molecule has 2 aromatic heterocycles. The van der Waals surface area contributed by atoms with Crippen molar-refractivity contribution in [1.82, 2.24) is 14.5 Å². The number of aromatic nitrogens is 3. The van der Waals surface area contributed by atoms with Gasteiger partial charge >= 0.3 is 5.97 Å². The minimum atomic E-state index is -0.992. The summed E-state index contributed by atoms with van der Waals surface area (Å²) >= 11 is 6.03. The van der Waals surface area contributed by atoms with Gasteiger partial charge in [0.2, 0.25) is 0 Å². The van der Waals surface area contributed by atoms with Crippen molar-refractivity contribution in [1.29, 1.82) is 0 Å². The van der Waals surface area contributed by atoms with E-state index in [1.807, 2.05) is 36.7 Å². The molecule has 0 saturated carbocycles. The molecule has 116 valence electrons. The SMILES string of the molecule is Cc1cc(Cl)ccc1-c1c(-c2cc(C(=O)O)ccn2)ncn1C. The summed E-state index contributed by atoms with van der Waals surface area (Å²) in [7, 11) is 1.89. The van der Waals surface area contributed by atoms with Crippen molar-refractivity contribution < 1.29 is 9.90 Å². The van der Waals surface area contributed by atoms with Crippen LogP contribution < -0.4 is 0 Å². The largest absolute Gasteiger partial charge is 0.478 e. The highest BCUT2D eigenvalue weighted by molar-refractivity contribution is 6.30. The Bertz CT molecular complexity index is 903. The van der Waals surface area contributed by atoms with Gasteiger partial charge in [0.1, 0.15) is 5.69 Å². The average molecular weight is 328 g/mol. The van der Waals surface area contributed by atoms with Gasteiger partial charge in [-0.05, 0) is 36.8 Å². The number of rotatable bonds is 3. The Morgan fingerprint density at radius 1 is 1.22 bits per heavy atom. The van der Waals surface area contributed by atoms with Gasteiger partial charge in [0.15, 0.2) is 0 Å². The molecule has 23 heavy (non-hydrogen) atoms. The van der Waals surface area contributed by atoms with Crippen molar-refractivity contribution in [2.24, 2.45) is 7.05 Å². The number of hydrogen-bond donors (Lipinski definition) is 1. The summed E-state index contributed by atoms with van der Waals surface area (Å²) in [5.74, 6) is -0.992. The zero-order valence-electron chi connectivity index (χ0n) is 12.6. The summed E-state index contributed by atoms with van der Waals surface area (Å²) in [6, 6.07) is 8.62. The lowest BCUT2D eigenvalue weighted by molar-refractivity contribution is 0.0697. The van der Waals surface area contributed by atoms with Gasteiger partial charge < -0.3 is 9.67 Å². The minimum absolute atomic E-state index is 0.180. The molecule has 0 spiro atoms. The maximum Gasteiger partial charge on any atom is 0.335 e. The van der Waals surface area contributed by atoms with E-state index in [1.165, 1.54) is 18.3 Å². The number of carbonyl (C=O) groups is 1. The molecule has 3 rings (SSSR count). The van der Waals surface area contributed by atoms with Gasteiger partial charge in [0.25, 0.3) is 0 Å². The van der Waals surface area contributed by atoms with E-state index in [4.69, 9.17) is 16.7 Å². The monoisotopic (exact) mass is 327 g/mol. The number of aryl methyl sites for hydroxylation is 2. The molecule has 1 N–H and O–H groups in total. The van der Waals surface area contributed by atoms with Crippen molar-refractivity contribution in [3.8, 4) is 22.6 Å². The maximum atomic E-state index is 11.2. The molecule has 5 nitrogen and oxygen atoms in total. The maximum absolute atomic E-state index is 11.2. The lowest BCUT2D eigenvalue weighted by Gasteiger charge is -2.10. The van der Waals surface area contributed by atoms with E-state index >= 15 is 0 Å². The van der Waals surface area contributed by atoms with Gasteiger partial charge in [-0.15, -0.1) is 0 Å². The highest BCUT2D eigenvalue weighted by Gasteiger charge is 2.17. The molecule has 0 atom stereocenters. The number of imidazole rings is 1. The van der Waals surface area contributed by atoms with Crippen LogP contribution in [0.3, 0.4) is 0 Å². The Hall–Kier alpha value is -2.66. The van der Waals surface area contributed by atoms with Crippen molar-refractivity contribution >= 4 is 17.6 Å². The normalized spacial score (nSPS) is 10.7. The molecule has 0 aliphatic rings. The van der Waals surface area contributed by atoms with Gasteiger partial charge in [0, 0.05) is 23.8 Å². The van der Waals surface area contributed by atoms with E-state index in [1.54, 1.807) is 6.33 Å². The number of hydrogen-bond acceptors (Lipinski definition) is 3. The summed E-state index contributed by atoms with van der Waals surface area (Å²) in [6.45, 7) is 1.97. The van der Waals surface area contributed by atoms with E-state index in [9.17, 15) is 4.79 Å². The molecular formula is C17H14ClN3O2. The van der Waals surface area contributed by atoms with Crippen LogP contribution in [0.4, 0.5) is 0 Å². The number of carboxylic acid groups (broad SMARTS) is 1. The van der Waals surface area contributed by atoms with E-state index in [0.29, 0.717) is 16.4 Å². The molecule has 0 unspecified atom stereocenters. The van der Waals surface area contributed by atoms with Crippen molar-refractivity contribution in [2.75, 3.05) is 0 Å². The van der Waals surface area contributed by atoms with E-state index in [-0.39, 0.29) is 5.56 Å². The highest BCUT2D eigenvalue weighted by atomic mass is 35.5. The Morgan fingerprint density at radius 3 is 2.70 bits per heavy atom. The highest BCUT2D eigenvalue weighted by Crippen LogP contribution is 2.33. The molecule has 0 saturated heterocycles. The summed E-state index contributed by atoms with van der Waals surface area (Å²) in [5.41, 5.74) is 4.20. The zero-order valence-corrected chi connectivity index (χ0v) is 13.4. The second-order valence-corrected chi connectivity index (χ2v) is 5.68. The van der Waals surface area contributed by atoms with Gasteiger partial charge in [-0.25, -0.2) is 9.78 Å². The fraction of sp³-hybridized carbons (Fsp3) is 0.118. The Labute approximate surface area is 138 Å². The molecule has 0 radical (unpaired) electrons. The Balaban J connectivity index is 2.20. The average Bonchev–Trinajstić information content (AvgIpc) is 2.89. The van der Waals surface area contributed by atoms with Crippen LogP contribution in [0.2, 0.25) is 5.02 Å². The van der Waals surface area contributed by atoms with Crippen LogP contribution >= 0.6 is 11.6 Å². The predicted molar refractivity (Wildman–Crippen MR) is 88.6 cm³/mol. The van der Waals surface area contributed by atoms with Gasteiger partial charge in [-0.2, -0.15) is 0 Å². The van der Waals surface area contributed by atoms with Crippen LogP contribution in [-0.4, -0.2) is 25.6 Å². The quantitative estimate of drug-likeness (QED) is 0.794. The van der Waals surface area contributed by atoms with E-state index in [2.05, 4.69) is 9.97 Å². The third-order valence-corrected chi connectivity index (χ3v) is 3.87. The van der Waals surface area contributed by atoms with E-state index < -0.39 is 5.97 Å². The van der Waals surface area contributed by atoms with E-state index in [0.717, 1.165) is 16.8 Å². The van der Waals surface area contributed by atoms with Gasteiger partial charge in [0.05, 0.1) is 23.3 Å². The molecule has 0 amide bonds. The predicted octanol–water partition coefficient (Wildman–Crippen LogP) is 3.81. The first-order chi connectivity index (χ1) is 11.0. The van der Waals surface area contributed by atoms with Gasteiger partial charge in [-0.3, -0.25) is 4.98 Å². The first-order valence-electron chi connectivity index (χ1n) is 6.95. The molecule has 3 aromatic rings. The van der Waals surface area contributed by atoms with Crippen LogP contribution in [0.15, 0.2) is 42.9 Å². The van der Waals surface area contributed by atoms with Crippen molar-refractivity contribution in [2.45, 2.75) is 6.92 Å². The van der Waals surface area contributed by atoms with Crippen LogP contribution in [0.25, 0.3) is 22.6 Å². The first kappa shape index (κ1) is 15.2. The van der Waals surface area contributed by atoms with Crippen molar-refractivity contribution in [3.63, 3.8) is 0 Å². The lowest BCUT2D eigenvalue weighted by atomic mass is 10.0. The molecule has 0 fully saturated rings. The first-order valence-corrected chi connectivity index (χ1v) is 7.32. The Kier molecular flexibility index (Phi) is 3.88. The Morgan fingerprint density at radius 2 is 2.00 bits per heavy atom. The molecule has 0 aliphatic heterocycles. The summed E-state index contributed by atoms with van der Waals surface area (Å²) < 4.78 is 1.89. The molecule has 6 heteroatoms. The second-order valence-electron chi connectivity index (χ2n) is 5.25. The third-order valence-electron chi connectivity index (χ3n) is 3.63. The summed E-state index contributed by atoms with van der Waals surface area (Å²) in [4.78, 5) is 19.8. The molecule has 2 heterocycles. The van der Waals surface area contributed by atoms with Crippen LogP contribution in [-0.2, 0) is 7.05 Å². The number of benzene rings is 1. The fourth-order valence-corrected chi connectivity index (χ4v) is 2.75. The number of nitrogens with zero attached hydrogens (tertiary/aromatic N) is 3. The number of pyridine rings is 1. The summed E-state index contributed by atoms with van der Waals surface area (Å²) in [5, 5.41) is 9.82. The minimum Gasteiger partial charge on any atom is -0.478 e. The molecule has 0 bridgehead atoms. The smallest absolute Gasteiger partial charge is 0.335 e. The molecular weight excluding hydrogens is 314 g/mol. The lowest BCUT2D eigenvalue weighted by Crippen LogP contribution is -1.99. The number of halogens is 1. The van der Waals surface area contributed by atoms with Gasteiger partial charge in [-0.1, -0.05) is 17.7 Å². The standard InChI is InChI=1S/C17H14ClN3O2/c1-10-7-12(18)3-4-13(10)16-15(20-9-21(16)2)14-8-11(17(22)23)5-6-19-14/h3-9H,1-2H3,(H,22,23).